The lowest BCUT2D eigenvalue weighted by molar-refractivity contribution is -0.117. The normalized spacial score (nSPS) is 14.7. The lowest BCUT2D eigenvalue weighted by Gasteiger charge is -2.16. The van der Waals surface area contributed by atoms with E-state index in [0.717, 1.165) is 18.4 Å². The highest BCUT2D eigenvalue weighted by molar-refractivity contribution is 5.95. The second-order valence-electron chi connectivity index (χ2n) is 6.90. The molecule has 23 heavy (non-hydrogen) atoms. The summed E-state index contributed by atoms with van der Waals surface area (Å²) >= 11 is 0. The Morgan fingerprint density at radius 2 is 2.00 bits per heavy atom. The van der Waals surface area contributed by atoms with Gasteiger partial charge < -0.3 is 9.88 Å². The van der Waals surface area contributed by atoms with Crippen molar-refractivity contribution in [2.45, 2.75) is 52.5 Å². The first-order valence-corrected chi connectivity index (χ1v) is 8.25. The van der Waals surface area contributed by atoms with E-state index < -0.39 is 0 Å². The molecule has 122 valence electrons. The van der Waals surface area contributed by atoms with Gasteiger partial charge in [0.15, 0.2) is 0 Å². The number of aromatic nitrogens is 2. The molecule has 5 heteroatoms. The van der Waals surface area contributed by atoms with Crippen LogP contribution in [0.3, 0.4) is 0 Å². The van der Waals surface area contributed by atoms with Crippen LogP contribution in [-0.2, 0) is 4.79 Å². The van der Waals surface area contributed by atoms with E-state index in [1.165, 1.54) is 0 Å². The van der Waals surface area contributed by atoms with Crippen molar-refractivity contribution in [3.63, 3.8) is 0 Å². The van der Waals surface area contributed by atoms with E-state index in [1.54, 1.807) is 10.8 Å². The Labute approximate surface area is 135 Å². The molecule has 0 unspecified atom stereocenters. The number of carbonyl (C=O) groups is 1. The molecular weight excluding hydrogens is 290 g/mol. The summed E-state index contributed by atoms with van der Waals surface area (Å²) in [4.78, 5) is 29.3. The monoisotopic (exact) mass is 313 g/mol. The molecule has 5 nitrogen and oxygen atoms in total. The Balaban J connectivity index is 2.15. The minimum atomic E-state index is -0.0197. The Bertz CT molecular complexity index is 817. The Morgan fingerprint density at radius 3 is 2.57 bits per heavy atom. The summed E-state index contributed by atoms with van der Waals surface area (Å²) in [7, 11) is 0. The number of amides is 1. The van der Waals surface area contributed by atoms with Crippen molar-refractivity contribution in [1.82, 2.24) is 9.55 Å². The Morgan fingerprint density at radius 1 is 1.30 bits per heavy atom. The van der Waals surface area contributed by atoms with Gasteiger partial charge in [0, 0.05) is 18.2 Å². The van der Waals surface area contributed by atoms with Crippen LogP contribution in [0.15, 0.2) is 23.1 Å². The van der Waals surface area contributed by atoms with Crippen LogP contribution < -0.4 is 10.9 Å². The third kappa shape index (κ3) is 3.00. The molecule has 2 aromatic heterocycles. The summed E-state index contributed by atoms with van der Waals surface area (Å²) in [5.74, 6) is 0.874. The molecule has 0 spiro atoms. The highest BCUT2D eigenvalue weighted by Crippen LogP contribution is 2.31. The highest BCUT2D eigenvalue weighted by Gasteiger charge is 2.30. The van der Waals surface area contributed by atoms with Gasteiger partial charge in [0.2, 0.25) is 5.91 Å². The van der Waals surface area contributed by atoms with Crippen LogP contribution in [0, 0.1) is 5.92 Å². The smallest absolute Gasteiger partial charge is 0.260 e. The summed E-state index contributed by atoms with van der Waals surface area (Å²) in [6, 6.07) is 3.80. The summed E-state index contributed by atoms with van der Waals surface area (Å²) in [6.45, 7) is 8.07. The first kappa shape index (κ1) is 15.7. The minimum absolute atomic E-state index is 0.0197. The molecule has 2 heterocycles. The maximum atomic E-state index is 12.8. The average Bonchev–Trinajstić information content (AvgIpc) is 3.30. The number of nitrogens with zero attached hydrogens (tertiary/aromatic N) is 2. The van der Waals surface area contributed by atoms with Gasteiger partial charge in [0.05, 0.1) is 10.9 Å². The van der Waals surface area contributed by atoms with Gasteiger partial charge in [0.25, 0.3) is 5.56 Å². The molecule has 0 bridgehead atoms. The Hall–Kier alpha value is -2.17. The van der Waals surface area contributed by atoms with E-state index in [9.17, 15) is 9.59 Å². The van der Waals surface area contributed by atoms with Gasteiger partial charge in [-0.1, -0.05) is 13.8 Å². The van der Waals surface area contributed by atoms with Crippen LogP contribution in [0.4, 0.5) is 5.82 Å². The zero-order valence-electron chi connectivity index (χ0n) is 14.1. The molecule has 2 aromatic rings. The zero-order valence-corrected chi connectivity index (χ0v) is 14.1. The second-order valence-corrected chi connectivity index (χ2v) is 6.90. The van der Waals surface area contributed by atoms with Crippen molar-refractivity contribution in [3.05, 3.63) is 34.2 Å². The first-order valence-electron chi connectivity index (χ1n) is 8.25. The SMILES string of the molecule is CC(C)c1cc(NC(=O)C2CC2)nc2ccn(C(C)C)c(=O)c12. The molecule has 0 aliphatic heterocycles. The molecule has 0 atom stereocenters. The van der Waals surface area contributed by atoms with Gasteiger partial charge in [-0.3, -0.25) is 9.59 Å². The molecular formula is C18H23N3O2. The van der Waals surface area contributed by atoms with Crippen molar-refractivity contribution in [1.29, 1.82) is 0 Å². The summed E-state index contributed by atoms with van der Waals surface area (Å²) in [5.41, 5.74) is 1.55. The number of hydrogen-bond acceptors (Lipinski definition) is 3. The van der Waals surface area contributed by atoms with E-state index in [4.69, 9.17) is 0 Å². The number of anilines is 1. The van der Waals surface area contributed by atoms with E-state index in [1.807, 2.05) is 39.8 Å². The van der Waals surface area contributed by atoms with Gasteiger partial charge in [0.1, 0.15) is 5.82 Å². The lowest BCUT2D eigenvalue weighted by Crippen LogP contribution is -2.23. The fourth-order valence-electron chi connectivity index (χ4n) is 2.79. The summed E-state index contributed by atoms with van der Waals surface area (Å²) < 4.78 is 1.72. The van der Waals surface area contributed by atoms with Crippen LogP contribution in [0.2, 0.25) is 0 Å². The van der Waals surface area contributed by atoms with Crippen LogP contribution >= 0.6 is 0 Å². The summed E-state index contributed by atoms with van der Waals surface area (Å²) in [5, 5.41) is 3.54. The topological polar surface area (TPSA) is 64.0 Å². The predicted molar refractivity (Wildman–Crippen MR) is 91.8 cm³/mol. The van der Waals surface area contributed by atoms with Crippen LogP contribution in [0.5, 0.6) is 0 Å². The molecule has 1 N–H and O–H groups in total. The van der Waals surface area contributed by atoms with Gasteiger partial charge in [-0.15, -0.1) is 0 Å². The average molecular weight is 313 g/mol. The quantitative estimate of drug-likeness (QED) is 0.940. The van der Waals surface area contributed by atoms with Gasteiger partial charge >= 0.3 is 0 Å². The Kier molecular flexibility index (Phi) is 3.96. The molecule has 0 aromatic carbocycles. The maximum absolute atomic E-state index is 12.8. The number of hydrogen-bond donors (Lipinski definition) is 1. The van der Waals surface area contributed by atoms with Crippen molar-refractivity contribution in [3.8, 4) is 0 Å². The molecule has 1 aliphatic carbocycles. The number of pyridine rings is 2. The van der Waals surface area contributed by atoms with E-state index in [-0.39, 0.29) is 29.3 Å². The molecule has 0 saturated heterocycles. The number of fused-ring (bicyclic) bond motifs is 1. The third-order valence-corrected chi connectivity index (χ3v) is 4.30. The summed E-state index contributed by atoms with van der Waals surface area (Å²) in [6.07, 6.45) is 3.68. The van der Waals surface area contributed by atoms with Crippen molar-refractivity contribution in [2.24, 2.45) is 5.92 Å². The van der Waals surface area contributed by atoms with Crippen molar-refractivity contribution < 1.29 is 4.79 Å². The van der Waals surface area contributed by atoms with Gasteiger partial charge in [-0.25, -0.2) is 4.98 Å². The lowest BCUT2D eigenvalue weighted by atomic mass is 9.99. The fraction of sp³-hybridized carbons (Fsp3) is 0.500. The molecule has 3 rings (SSSR count). The largest absolute Gasteiger partial charge is 0.312 e. The first-order chi connectivity index (χ1) is 10.9. The van der Waals surface area contributed by atoms with Crippen molar-refractivity contribution in [2.75, 3.05) is 5.32 Å². The van der Waals surface area contributed by atoms with E-state index >= 15 is 0 Å². The minimum Gasteiger partial charge on any atom is -0.312 e. The van der Waals surface area contributed by atoms with Gasteiger partial charge in [-0.2, -0.15) is 0 Å². The third-order valence-electron chi connectivity index (χ3n) is 4.30. The number of nitrogens with one attached hydrogen (secondary N) is 1. The van der Waals surface area contributed by atoms with Crippen molar-refractivity contribution >= 4 is 22.6 Å². The zero-order chi connectivity index (χ0) is 16.7. The maximum Gasteiger partial charge on any atom is 0.260 e. The standard InChI is InChI=1S/C18H23N3O2/c1-10(2)13-9-15(20-17(22)12-5-6-12)19-14-7-8-21(11(3)4)18(23)16(13)14/h7-12H,5-6H2,1-4H3,(H,19,20,22). The molecule has 1 aliphatic rings. The molecule has 1 saturated carbocycles. The van der Waals surface area contributed by atoms with Gasteiger partial charge in [-0.05, 0) is 50.3 Å². The molecule has 0 radical (unpaired) electrons. The fourth-order valence-corrected chi connectivity index (χ4v) is 2.79. The predicted octanol–water partition coefficient (Wildman–Crippen LogP) is 3.45. The molecule has 1 amide bonds. The second kappa shape index (κ2) is 5.80. The van der Waals surface area contributed by atoms with Crippen LogP contribution in [0.25, 0.3) is 10.9 Å². The van der Waals surface area contributed by atoms with Crippen LogP contribution in [-0.4, -0.2) is 15.5 Å². The number of rotatable bonds is 4. The van der Waals surface area contributed by atoms with E-state index in [0.29, 0.717) is 16.7 Å². The van der Waals surface area contributed by atoms with Crippen LogP contribution in [0.1, 0.15) is 58.1 Å². The van der Waals surface area contributed by atoms with E-state index in [2.05, 4.69) is 10.3 Å². The number of carbonyl (C=O) groups excluding carboxylic acids is 1. The molecule has 1 fully saturated rings. The highest BCUT2D eigenvalue weighted by atomic mass is 16.2.